The topological polar surface area (TPSA) is 74.6 Å². The van der Waals surface area contributed by atoms with Gasteiger partial charge in [-0.15, -0.1) is 0 Å². The smallest absolute Gasteiger partial charge is 0.303 e. The van der Waals surface area contributed by atoms with E-state index in [4.69, 9.17) is 5.11 Å². The predicted molar refractivity (Wildman–Crippen MR) is 109 cm³/mol. The predicted octanol–water partition coefficient (Wildman–Crippen LogP) is 5.16. The molecular formula is C23H38O4. The summed E-state index contributed by atoms with van der Waals surface area (Å²) in [6.07, 6.45) is 13.5. The molecule has 1 fully saturated rings. The molecule has 27 heavy (non-hydrogen) atoms. The molecule has 0 aromatic heterocycles. The molecule has 0 spiro atoms. The average Bonchev–Trinajstić information content (AvgIpc) is 2.86. The van der Waals surface area contributed by atoms with Gasteiger partial charge in [0.1, 0.15) is 5.78 Å². The molecule has 0 saturated heterocycles. The molecule has 0 aromatic rings. The van der Waals surface area contributed by atoms with Crippen LogP contribution < -0.4 is 0 Å². The number of aliphatic hydroxyl groups is 1. The number of carbonyl (C=O) groups is 2. The van der Waals surface area contributed by atoms with Gasteiger partial charge in [0, 0.05) is 18.8 Å². The van der Waals surface area contributed by atoms with Crippen molar-refractivity contribution >= 4 is 11.8 Å². The van der Waals surface area contributed by atoms with Gasteiger partial charge in [0.15, 0.2) is 0 Å². The van der Waals surface area contributed by atoms with Gasteiger partial charge in [-0.25, -0.2) is 0 Å². The lowest BCUT2D eigenvalue weighted by Crippen LogP contribution is -2.28. The Morgan fingerprint density at radius 1 is 1.30 bits per heavy atom. The largest absolute Gasteiger partial charge is 0.481 e. The lowest BCUT2D eigenvalue weighted by Gasteiger charge is -2.29. The molecule has 1 saturated carbocycles. The van der Waals surface area contributed by atoms with Crippen molar-refractivity contribution in [2.75, 3.05) is 0 Å². The summed E-state index contributed by atoms with van der Waals surface area (Å²) in [7, 11) is 0. The molecule has 0 radical (unpaired) electrons. The molecule has 0 bridgehead atoms. The Labute approximate surface area is 164 Å². The molecular weight excluding hydrogens is 340 g/mol. The third kappa shape index (κ3) is 8.00. The first-order valence-electron chi connectivity index (χ1n) is 10.4. The lowest BCUT2D eigenvalue weighted by molar-refractivity contribution is -0.137. The fraction of sp³-hybridized carbons (Fsp3) is 0.739. The molecule has 4 nitrogen and oxygen atoms in total. The summed E-state index contributed by atoms with van der Waals surface area (Å²) in [5, 5.41) is 19.2. The fourth-order valence-electron chi connectivity index (χ4n) is 3.83. The summed E-state index contributed by atoms with van der Waals surface area (Å²) in [6, 6.07) is 0. The summed E-state index contributed by atoms with van der Waals surface area (Å²) in [6.45, 7) is 8.46. The van der Waals surface area contributed by atoms with Crippen molar-refractivity contribution in [3.05, 3.63) is 24.3 Å². The number of carbonyl (C=O) groups excluding carboxylic acids is 1. The van der Waals surface area contributed by atoms with Gasteiger partial charge in [0.05, 0.1) is 6.10 Å². The van der Waals surface area contributed by atoms with Crippen molar-refractivity contribution < 1.29 is 19.8 Å². The molecule has 1 aliphatic carbocycles. The van der Waals surface area contributed by atoms with Crippen LogP contribution in [0.4, 0.5) is 0 Å². The van der Waals surface area contributed by atoms with Crippen LogP contribution in [0.25, 0.3) is 0 Å². The summed E-state index contributed by atoms with van der Waals surface area (Å²) < 4.78 is 0. The van der Waals surface area contributed by atoms with E-state index in [1.54, 1.807) is 0 Å². The van der Waals surface area contributed by atoms with Crippen LogP contribution in [0, 0.1) is 23.2 Å². The molecule has 4 heteroatoms. The van der Waals surface area contributed by atoms with Crippen LogP contribution in [0.5, 0.6) is 0 Å². The Morgan fingerprint density at radius 3 is 2.63 bits per heavy atom. The van der Waals surface area contributed by atoms with E-state index in [-0.39, 0.29) is 23.7 Å². The van der Waals surface area contributed by atoms with E-state index in [1.807, 2.05) is 18.2 Å². The van der Waals surface area contributed by atoms with Gasteiger partial charge in [0.2, 0.25) is 0 Å². The second-order valence-electron chi connectivity index (χ2n) is 8.75. The van der Waals surface area contributed by atoms with E-state index in [1.165, 1.54) is 0 Å². The maximum absolute atomic E-state index is 12.4. The Bertz CT molecular complexity index is 532. The highest BCUT2D eigenvalue weighted by molar-refractivity contribution is 5.84. The van der Waals surface area contributed by atoms with Crippen LogP contribution in [-0.4, -0.2) is 28.1 Å². The molecule has 1 rings (SSSR count). The third-order valence-electron chi connectivity index (χ3n) is 5.87. The van der Waals surface area contributed by atoms with Crippen molar-refractivity contribution in [3.63, 3.8) is 0 Å². The van der Waals surface area contributed by atoms with E-state index in [2.05, 4.69) is 33.8 Å². The van der Waals surface area contributed by atoms with Crippen molar-refractivity contribution in [3.8, 4) is 0 Å². The standard InChI is InChI=1S/C23H38O4/c1-5-6-15-23(3,4)21(25)14-13-18-17(2)16-20(24)19(18)11-9-7-8-10-12-22(26)27/h7,9,13-14,17-19,21,25H,5-6,8,10-12,15-16H2,1-4H3,(H,26,27)/b9-7-,14-13+/t17-,18-,19-,21-/m1/s1. The lowest BCUT2D eigenvalue weighted by atomic mass is 9.80. The minimum atomic E-state index is -0.770. The summed E-state index contributed by atoms with van der Waals surface area (Å²) in [5.41, 5.74) is -0.155. The molecule has 0 unspecified atom stereocenters. The van der Waals surface area contributed by atoms with Crippen LogP contribution in [0.2, 0.25) is 0 Å². The van der Waals surface area contributed by atoms with Gasteiger partial charge in [-0.1, -0.05) is 64.8 Å². The molecule has 1 aliphatic rings. The number of carboxylic acid groups (broad SMARTS) is 1. The second kappa shape index (κ2) is 11.4. The Balaban J connectivity index is 2.63. The van der Waals surface area contributed by atoms with Crippen molar-refractivity contribution in [2.24, 2.45) is 23.2 Å². The monoisotopic (exact) mass is 378 g/mol. The highest BCUT2D eigenvalue weighted by Gasteiger charge is 2.38. The summed E-state index contributed by atoms with van der Waals surface area (Å²) >= 11 is 0. The van der Waals surface area contributed by atoms with Crippen LogP contribution in [0.3, 0.4) is 0 Å². The van der Waals surface area contributed by atoms with Gasteiger partial charge < -0.3 is 10.2 Å². The molecule has 0 amide bonds. The van der Waals surface area contributed by atoms with Crippen LogP contribution in [-0.2, 0) is 9.59 Å². The molecule has 4 atom stereocenters. The fourth-order valence-corrected chi connectivity index (χ4v) is 3.83. The van der Waals surface area contributed by atoms with Gasteiger partial charge in [0.25, 0.3) is 0 Å². The zero-order valence-corrected chi connectivity index (χ0v) is 17.5. The SMILES string of the molecule is CCCCC(C)(C)[C@H](O)/C=C/[C@@H]1[C@H](C)CC(=O)[C@@H]1C/C=C\CCCC(=O)O. The summed E-state index contributed by atoms with van der Waals surface area (Å²) in [5.74, 6) is -0.0401. The van der Waals surface area contributed by atoms with Crippen molar-refractivity contribution in [1.29, 1.82) is 0 Å². The average molecular weight is 379 g/mol. The number of Topliss-reactive ketones (excluding diaryl/α,β-unsaturated/α-hetero) is 1. The quantitative estimate of drug-likeness (QED) is 0.363. The van der Waals surface area contributed by atoms with Crippen LogP contribution >= 0.6 is 0 Å². The number of unbranched alkanes of at least 4 members (excludes halogenated alkanes) is 2. The first-order chi connectivity index (χ1) is 12.7. The van der Waals surface area contributed by atoms with Crippen LogP contribution in [0.15, 0.2) is 24.3 Å². The van der Waals surface area contributed by atoms with Crippen LogP contribution in [0.1, 0.15) is 79.1 Å². The number of hydrogen-bond acceptors (Lipinski definition) is 3. The summed E-state index contributed by atoms with van der Waals surface area (Å²) in [4.78, 5) is 22.9. The number of carboxylic acids is 1. The Morgan fingerprint density at radius 2 is 2.00 bits per heavy atom. The van der Waals surface area contributed by atoms with E-state index >= 15 is 0 Å². The second-order valence-corrected chi connectivity index (χ2v) is 8.75. The highest BCUT2D eigenvalue weighted by atomic mass is 16.4. The van der Waals surface area contributed by atoms with Gasteiger partial charge >= 0.3 is 5.97 Å². The van der Waals surface area contributed by atoms with Gasteiger partial charge in [-0.05, 0) is 42.9 Å². The minimum Gasteiger partial charge on any atom is -0.481 e. The first-order valence-corrected chi connectivity index (χ1v) is 10.4. The molecule has 2 N–H and O–H groups in total. The number of aliphatic carboxylic acids is 1. The number of rotatable bonds is 12. The number of aliphatic hydroxyl groups excluding tert-OH is 1. The van der Waals surface area contributed by atoms with Gasteiger partial charge in [-0.3, -0.25) is 9.59 Å². The molecule has 0 heterocycles. The normalized spacial score (nSPS) is 24.9. The molecule has 0 aliphatic heterocycles. The first kappa shape index (κ1) is 23.6. The Kier molecular flexibility index (Phi) is 10.00. The minimum absolute atomic E-state index is 0.0297. The zero-order valence-electron chi connectivity index (χ0n) is 17.5. The van der Waals surface area contributed by atoms with Gasteiger partial charge in [-0.2, -0.15) is 0 Å². The Hall–Kier alpha value is -1.42. The highest BCUT2D eigenvalue weighted by Crippen LogP contribution is 2.38. The molecule has 0 aromatic carbocycles. The number of allylic oxidation sites excluding steroid dienone is 3. The molecule has 154 valence electrons. The van der Waals surface area contributed by atoms with E-state index in [0.717, 1.165) is 25.7 Å². The maximum Gasteiger partial charge on any atom is 0.303 e. The number of hydrogen-bond donors (Lipinski definition) is 2. The maximum atomic E-state index is 12.4. The van der Waals surface area contributed by atoms with Crippen molar-refractivity contribution in [2.45, 2.75) is 85.2 Å². The zero-order chi connectivity index (χ0) is 20.4. The van der Waals surface area contributed by atoms with E-state index in [0.29, 0.717) is 31.0 Å². The van der Waals surface area contributed by atoms with Crippen molar-refractivity contribution in [1.82, 2.24) is 0 Å². The third-order valence-corrected chi connectivity index (χ3v) is 5.87. The number of ketones is 1. The van der Waals surface area contributed by atoms with E-state index < -0.39 is 12.1 Å². The van der Waals surface area contributed by atoms with E-state index in [9.17, 15) is 14.7 Å².